The van der Waals surface area contributed by atoms with Crippen molar-refractivity contribution in [3.63, 3.8) is 0 Å². The Bertz CT molecular complexity index is 991. The van der Waals surface area contributed by atoms with Crippen molar-refractivity contribution in [1.82, 2.24) is 14.9 Å². The number of hydrogen-bond donors (Lipinski definition) is 1. The summed E-state index contributed by atoms with van der Waals surface area (Å²) in [7, 11) is 0. The normalized spacial score (nSPS) is 12.4. The average Bonchev–Trinajstić information content (AvgIpc) is 2.67. The Morgan fingerprint density at radius 1 is 1.07 bits per heavy atom. The van der Waals surface area contributed by atoms with Crippen molar-refractivity contribution in [1.29, 1.82) is 0 Å². The van der Waals surface area contributed by atoms with Crippen molar-refractivity contribution >= 4 is 10.9 Å². The lowest BCUT2D eigenvalue weighted by atomic mass is 10.1. The van der Waals surface area contributed by atoms with Crippen molar-refractivity contribution in [2.45, 2.75) is 53.0 Å². The summed E-state index contributed by atoms with van der Waals surface area (Å²) in [6.45, 7) is 9.36. The van der Waals surface area contributed by atoms with Gasteiger partial charge in [0.25, 0.3) is 5.56 Å². The quantitative estimate of drug-likeness (QED) is 0.611. The predicted molar refractivity (Wildman–Crippen MR) is 113 cm³/mol. The van der Waals surface area contributed by atoms with Gasteiger partial charge in [-0.05, 0) is 69.1 Å². The largest absolute Gasteiger partial charge is 0.308 e. The van der Waals surface area contributed by atoms with Crippen LogP contribution in [-0.4, -0.2) is 16.1 Å². The SMILES string of the molecule is CCCCCNC(C)c1nc2ccccc2c(=O)n1-c1ccc(C)c(C)c1. The Labute approximate surface area is 161 Å². The molecule has 0 amide bonds. The van der Waals surface area contributed by atoms with Crippen LogP contribution in [-0.2, 0) is 0 Å². The summed E-state index contributed by atoms with van der Waals surface area (Å²) < 4.78 is 1.77. The number of nitrogens with zero attached hydrogens (tertiary/aromatic N) is 2. The summed E-state index contributed by atoms with van der Waals surface area (Å²) in [5.41, 5.74) is 3.99. The molecule has 3 rings (SSSR count). The molecule has 27 heavy (non-hydrogen) atoms. The molecule has 1 atom stereocenters. The van der Waals surface area contributed by atoms with Crippen molar-refractivity contribution < 1.29 is 0 Å². The van der Waals surface area contributed by atoms with E-state index in [-0.39, 0.29) is 11.6 Å². The first kappa shape index (κ1) is 19.3. The monoisotopic (exact) mass is 363 g/mol. The minimum Gasteiger partial charge on any atom is -0.308 e. The van der Waals surface area contributed by atoms with E-state index in [2.05, 4.69) is 45.1 Å². The van der Waals surface area contributed by atoms with Gasteiger partial charge in [-0.3, -0.25) is 9.36 Å². The van der Waals surface area contributed by atoms with Crippen molar-refractivity contribution in [3.05, 3.63) is 69.8 Å². The molecule has 1 unspecified atom stereocenters. The van der Waals surface area contributed by atoms with Crippen LogP contribution in [0.4, 0.5) is 0 Å². The number of aromatic nitrogens is 2. The third-order valence-corrected chi connectivity index (χ3v) is 5.17. The lowest BCUT2D eigenvalue weighted by molar-refractivity contribution is 0.513. The number of unbranched alkanes of at least 4 members (excludes halogenated alkanes) is 2. The van der Waals surface area contributed by atoms with Gasteiger partial charge < -0.3 is 5.32 Å². The molecule has 0 aliphatic heterocycles. The maximum absolute atomic E-state index is 13.3. The molecule has 0 radical (unpaired) electrons. The second kappa shape index (κ2) is 8.49. The molecule has 4 nitrogen and oxygen atoms in total. The molecular formula is C23H29N3O. The van der Waals surface area contributed by atoms with Crippen LogP contribution in [0.25, 0.3) is 16.6 Å². The van der Waals surface area contributed by atoms with E-state index in [0.717, 1.165) is 30.0 Å². The van der Waals surface area contributed by atoms with Crippen LogP contribution in [0.1, 0.15) is 56.1 Å². The second-order valence-electron chi connectivity index (χ2n) is 7.28. The first-order valence-electron chi connectivity index (χ1n) is 9.85. The van der Waals surface area contributed by atoms with Gasteiger partial charge in [-0.1, -0.05) is 38.0 Å². The molecule has 0 aliphatic carbocycles. The van der Waals surface area contributed by atoms with Gasteiger partial charge in [0.1, 0.15) is 5.82 Å². The minimum absolute atomic E-state index is 0.0129. The number of nitrogens with one attached hydrogen (secondary N) is 1. The Morgan fingerprint density at radius 2 is 1.85 bits per heavy atom. The second-order valence-corrected chi connectivity index (χ2v) is 7.28. The van der Waals surface area contributed by atoms with E-state index in [1.807, 2.05) is 30.3 Å². The Kier molecular flexibility index (Phi) is 6.07. The van der Waals surface area contributed by atoms with E-state index in [1.165, 1.54) is 24.0 Å². The van der Waals surface area contributed by atoms with E-state index in [9.17, 15) is 4.79 Å². The van der Waals surface area contributed by atoms with E-state index >= 15 is 0 Å². The molecule has 3 aromatic rings. The Morgan fingerprint density at radius 3 is 2.59 bits per heavy atom. The number of aryl methyl sites for hydroxylation is 2. The van der Waals surface area contributed by atoms with Crippen molar-refractivity contribution in [2.24, 2.45) is 0 Å². The van der Waals surface area contributed by atoms with E-state index in [4.69, 9.17) is 4.98 Å². The molecule has 0 aliphatic rings. The average molecular weight is 364 g/mol. The van der Waals surface area contributed by atoms with Crippen molar-refractivity contribution in [2.75, 3.05) is 6.54 Å². The maximum Gasteiger partial charge on any atom is 0.266 e. The maximum atomic E-state index is 13.3. The van der Waals surface area contributed by atoms with Gasteiger partial charge in [-0.25, -0.2) is 4.98 Å². The molecule has 0 saturated carbocycles. The van der Waals surface area contributed by atoms with Crippen LogP contribution in [0, 0.1) is 13.8 Å². The van der Waals surface area contributed by atoms with Crippen LogP contribution in [0.5, 0.6) is 0 Å². The summed E-state index contributed by atoms with van der Waals surface area (Å²) in [5, 5.41) is 4.19. The molecule has 0 saturated heterocycles. The van der Waals surface area contributed by atoms with Gasteiger partial charge in [-0.15, -0.1) is 0 Å². The van der Waals surface area contributed by atoms with Gasteiger partial charge in [0.2, 0.25) is 0 Å². The topological polar surface area (TPSA) is 46.9 Å². The van der Waals surface area contributed by atoms with Crippen LogP contribution < -0.4 is 10.9 Å². The lowest BCUT2D eigenvalue weighted by Crippen LogP contribution is -2.30. The summed E-state index contributed by atoms with van der Waals surface area (Å²) in [4.78, 5) is 18.2. The smallest absolute Gasteiger partial charge is 0.266 e. The number of rotatable bonds is 7. The van der Waals surface area contributed by atoms with Crippen LogP contribution in [0.3, 0.4) is 0 Å². The Hall–Kier alpha value is -2.46. The zero-order valence-corrected chi connectivity index (χ0v) is 16.7. The van der Waals surface area contributed by atoms with Gasteiger partial charge in [-0.2, -0.15) is 0 Å². The lowest BCUT2D eigenvalue weighted by Gasteiger charge is -2.20. The number of benzene rings is 2. The highest BCUT2D eigenvalue weighted by molar-refractivity contribution is 5.77. The van der Waals surface area contributed by atoms with Gasteiger partial charge in [0.15, 0.2) is 0 Å². The van der Waals surface area contributed by atoms with Crippen LogP contribution >= 0.6 is 0 Å². The van der Waals surface area contributed by atoms with Gasteiger partial charge in [0, 0.05) is 0 Å². The molecule has 2 aromatic carbocycles. The highest BCUT2D eigenvalue weighted by atomic mass is 16.1. The van der Waals surface area contributed by atoms with Crippen LogP contribution in [0.2, 0.25) is 0 Å². The highest BCUT2D eigenvalue weighted by Crippen LogP contribution is 2.20. The molecule has 4 heteroatoms. The van der Waals surface area contributed by atoms with E-state index in [0.29, 0.717) is 5.39 Å². The number of para-hydroxylation sites is 1. The fourth-order valence-corrected chi connectivity index (χ4v) is 3.34. The zero-order chi connectivity index (χ0) is 19.4. The molecule has 0 fully saturated rings. The number of hydrogen-bond acceptors (Lipinski definition) is 3. The zero-order valence-electron chi connectivity index (χ0n) is 16.7. The molecule has 0 bridgehead atoms. The molecule has 142 valence electrons. The van der Waals surface area contributed by atoms with E-state index in [1.54, 1.807) is 4.57 Å². The summed E-state index contributed by atoms with van der Waals surface area (Å²) in [6.07, 6.45) is 3.52. The fourth-order valence-electron chi connectivity index (χ4n) is 3.34. The summed E-state index contributed by atoms with van der Waals surface area (Å²) in [5.74, 6) is 0.762. The molecular weight excluding hydrogens is 334 g/mol. The predicted octanol–water partition coefficient (Wildman–Crippen LogP) is 4.84. The van der Waals surface area contributed by atoms with Gasteiger partial charge in [0.05, 0.1) is 22.6 Å². The minimum atomic E-state index is -0.0132. The highest BCUT2D eigenvalue weighted by Gasteiger charge is 2.17. The third-order valence-electron chi connectivity index (χ3n) is 5.17. The molecule has 1 N–H and O–H groups in total. The van der Waals surface area contributed by atoms with Crippen molar-refractivity contribution in [3.8, 4) is 5.69 Å². The molecule has 1 heterocycles. The van der Waals surface area contributed by atoms with E-state index < -0.39 is 0 Å². The summed E-state index contributed by atoms with van der Waals surface area (Å²) >= 11 is 0. The first-order chi connectivity index (χ1) is 13.0. The molecule has 0 spiro atoms. The third kappa shape index (κ3) is 4.11. The summed E-state index contributed by atoms with van der Waals surface area (Å²) in [6, 6.07) is 13.7. The Balaban J connectivity index is 2.12. The molecule has 1 aromatic heterocycles. The first-order valence-corrected chi connectivity index (χ1v) is 9.85. The fraction of sp³-hybridized carbons (Fsp3) is 0.391. The van der Waals surface area contributed by atoms with Gasteiger partial charge >= 0.3 is 0 Å². The number of fused-ring (bicyclic) bond motifs is 1. The van der Waals surface area contributed by atoms with Crippen LogP contribution in [0.15, 0.2) is 47.3 Å². The standard InChI is InChI=1S/C23H29N3O/c1-5-6-9-14-24-18(4)22-25-21-11-8-7-10-20(21)23(27)26(22)19-13-12-16(2)17(3)15-19/h7-8,10-13,15,18,24H,5-6,9,14H2,1-4H3.